The maximum atomic E-state index is 12.4. The molecule has 0 aliphatic carbocycles. The lowest BCUT2D eigenvalue weighted by Crippen LogP contribution is -2.36. The van der Waals surface area contributed by atoms with E-state index in [2.05, 4.69) is 30.5 Å². The number of carbonyl (C=O) groups is 1. The number of nitrogens with zero attached hydrogens (tertiary/aromatic N) is 1. The Morgan fingerprint density at radius 3 is 2.68 bits per heavy atom. The zero-order valence-corrected chi connectivity index (χ0v) is 14.4. The summed E-state index contributed by atoms with van der Waals surface area (Å²) in [6.07, 6.45) is 2.67. The van der Waals surface area contributed by atoms with Crippen molar-refractivity contribution in [2.75, 3.05) is 12.0 Å². The average Bonchev–Trinajstić information content (AvgIpc) is 2.95. The van der Waals surface area contributed by atoms with Crippen LogP contribution in [0, 0.1) is 6.92 Å². The van der Waals surface area contributed by atoms with Gasteiger partial charge in [0.25, 0.3) is 0 Å². The highest BCUT2D eigenvalue weighted by Gasteiger charge is 2.30. The highest BCUT2D eigenvalue weighted by molar-refractivity contribution is 7.99. The van der Waals surface area contributed by atoms with Crippen molar-refractivity contribution >= 4 is 29.4 Å². The summed E-state index contributed by atoms with van der Waals surface area (Å²) in [7, 11) is 0. The second-order valence-corrected chi connectivity index (χ2v) is 7.35. The summed E-state index contributed by atoms with van der Waals surface area (Å²) >= 11 is 3.55. The highest BCUT2D eigenvalue weighted by Crippen LogP contribution is 2.38. The molecule has 2 aromatic rings. The molecule has 0 bridgehead atoms. The molecule has 0 radical (unpaired) electrons. The minimum absolute atomic E-state index is 0.0718. The van der Waals surface area contributed by atoms with Crippen LogP contribution in [-0.2, 0) is 11.3 Å². The third-order valence-electron chi connectivity index (χ3n) is 3.72. The van der Waals surface area contributed by atoms with Crippen LogP contribution in [0.15, 0.2) is 45.7 Å². The van der Waals surface area contributed by atoms with Crippen molar-refractivity contribution in [2.45, 2.75) is 30.2 Å². The number of amides is 1. The van der Waals surface area contributed by atoms with Gasteiger partial charge in [0.2, 0.25) is 5.91 Å². The highest BCUT2D eigenvalue weighted by atomic mass is 32.2. The molecule has 3 rings (SSSR count). The third-order valence-corrected chi connectivity index (χ3v) is 5.74. The Labute approximate surface area is 139 Å². The number of hydrogen-bond donors (Lipinski definition) is 0. The van der Waals surface area contributed by atoms with Gasteiger partial charge in [0.15, 0.2) is 0 Å². The van der Waals surface area contributed by atoms with E-state index in [1.54, 1.807) is 11.8 Å². The molecule has 1 atom stereocenters. The molecule has 0 spiro atoms. The predicted molar refractivity (Wildman–Crippen MR) is 92.0 cm³/mol. The van der Waals surface area contributed by atoms with Crippen LogP contribution >= 0.6 is 23.5 Å². The van der Waals surface area contributed by atoms with Gasteiger partial charge in [-0.2, -0.15) is 0 Å². The van der Waals surface area contributed by atoms with Crippen molar-refractivity contribution in [3.63, 3.8) is 0 Å². The van der Waals surface area contributed by atoms with Crippen molar-refractivity contribution in [3.05, 3.63) is 53.5 Å². The quantitative estimate of drug-likeness (QED) is 0.773. The summed E-state index contributed by atoms with van der Waals surface area (Å²) in [4.78, 5) is 15.6. The van der Waals surface area contributed by atoms with Crippen LogP contribution in [0.5, 0.6) is 0 Å². The Hall–Kier alpha value is -1.33. The number of rotatable bonds is 4. The van der Waals surface area contributed by atoms with Gasteiger partial charge in [0.05, 0.1) is 6.54 Å². The Morgan fingerprint density at radius 1 is 1.27 bits per heavy atom. The fourth-order valence-electron chi connectivity index (χ4n) is 2.58. The van der Waals surface area contributed by atoms with E-state index in [1.807, 2.05) is 35.7 Å². The molecule has 1 aliphatic heterocycles. The summed E-state index contributed by atoms with van der Waals surface area (Å²) < 4.78 is 5.65. The summed E-state index contributed by atoms with van der Waals surface area (Å²) in [5, 5.41) is 0.0718. The van der Waals surface area contributed by atoms with Gasteiger partial charge in [0, 0.05) is 17.1 Å². The Bertz CT molecular complexity index is 651. The monoisotopic (exact) mass is 333 g/mol. The van der Waals surface area contributed by atoms with Gasteiger partial charge in [-0.25, -0.2) is 0 Å². The molecule has 2 heterocycles. The van der Waals surface area contributed by atoms with Crippen LogP contribution in [0.1, 0.15) is 28.9 Å². The summed E-state index contributed by atoms with van der Waals surface area (Å²) in [6, 6.07) is 12.4. The van der Waals surface area contributed by atoms with Gasteiger partial charge in [-0.05, 0) is 43.0 Å². The molecule has 0 saturated carbocycles. The first-order chi connectivity index (χ1) is 10.7. The van der Waals surface area contributed by atoms with E-state index < -0.39 is 0 Å². The Morgan fingerprint density at radius 2 is 2.05 bits per heavy atom. The van der Waals surface area contributed by atoms with E-state index in [0.29, 0.717) is 13.0 Å². The lowest BCUT2D eigenvalue weighted by atomic mass is 10.2. The minimum Gasteiger partial charge on any atom is -0.464 e. The average molecular weight is 333 g/mol. The zero-order chi connectivity index (χ0) is 15.5. The van der Waals surface area contributed by atoms with Gasteiger partial charge in [0.1, 0.15) is 16.9 Å². The summed E-state index contributed by atoms with van der Waals surface area (Å²) in [5.41, 5.74) is 1.18. The number of aryl methyl sites for hydroxylation is 1. The molecule has 1 amide bonds. The van der Waals surface area contributed by atoms with Gasteiger partial charge < -0.3 is 9.32 Å². The lowest BCUT2D eigenvalue weighted by Gasteiger charge is -2.35. The SMILES string of the molecule is CSc1ccc(C2SCCC(=O)N2Cc2ccc(C)o2)cc1. The van der Waals surface area contributed by atoms with Gasteiger partial charge in [-0.1, -0.05) is 12.1 Å². The molecule has 3 nitrogen and oxygen atoms in total. The van der Waals surface area contributed by atoms with E-state index >= 15 is 0 Å². The van der Waals surface area contributed by atoms with Crippen molar-refractivity contribution in [2.24, 2.45) is 0 Å². The number of furan rings is 1. The second-order valence-electron chi connectivity index (χ2n) is 5.28. The second kappa shape index (κ2) is 6.84. The fourth-order valence-corrected chi connectivity index (χ4v) is 4.22. The largest absolute Gasteiger partial charge is 0.464 e. The fraction of sp³-hybridized carbons (Fsp3) is 0.353. The van der Waals surface area contributed by atoms with Crippen LogP contribution in [0.25, 0.3) is 0 Å². The molecule has 0 N–H and O–H groups in total. The molecule has 1 unspecified atom stereocenters. The van der Waals surface area contributed by atoms with Gasteiger partial charge >= 0.3 is 0 Å². The molecule has 116 valence electrons. The van der Waals surface area contributed by atoms with Crippen LogP contribution in [0.3, 0.4) is 0 Å². The smallest absolute Gasteiger partial charge is 0.224 e. The summed E-state index contributed by atoms with van der Waals surface area (Å²) in [6.45, 7) is 2.46. The molecule has 1 saturated heterocycles. The van der Waals surface area contributed by atoms with Crippen molar-refractivity contribution in [3.8, 4) is 0 Å². The first-order valence-electron chi connectivity index (χ1n) is 7.27. The minimum atomic E-state index is 0.0718. The Balaban J connectivity index is 1.83. The normalized spacial score (nSPS) is 18.7. The van der Waals surface area contributed by atoms with E-state index in [1.165, 1.54) is 10.5 Å². The molecule has 5 heteroatoms. The van der Waals surface area contributed by atoms with Gasteiger partial charge in [-0.3, -0.25) is 4.79 Å². The van der Waals surface area contributed by atoms with Crippen molar-refractivity contribution in [1.82, 2.24) is 4.90 Å². The number of carbonyl (C=O) groups excluding carboxylic acids is 1. The van der Waals surface area contributed by atoms with Crippen LogP contribution < -0.4 is 0 Å². The lowest BCUT2D eigenvalue weighted by molar-refractivity contribution is -0.133. The molecule has 1 fully saturated rings. The number of benzene rings is 1. The molecule has 1 aromatic carbocycles. The first kappa shape index (κ1) is 15.6. The molecule has 22 heavy (non-hydrogen) atoms. The van der Waals surface area contributed by atoms with Crippen LogP contribution in [0.4, 0.5) is 0 Å². The maximum Gasteiger partial charge on any atom is 0.224 e. The molecular formula is C17H19NO2S2. The van der Waals surface area contributed by atoms with E-state index in [9.17, 15) is 4.79 Å². The maximum absolute atomic E-state index is 12.4. The predicted octanol–water partition coefficient (Wildman–Crippen LogP) is 4.47. The first-order valence-corrected chi connectivity index (χ1v) is 9.55. The summed E-state index contributed by atoms with van der Waals surface area (Å²) in [5.74, 6) is 2.81. The molecule has 1 aromatic heterocycles. The van der Waals surface area contributed by atoms with E-state index in [4.69, 9.17) is 4.42 Å². The number of thioether (sulfide) groups is 2. The standard InChI is InChI=1S/C17H19NO2S2/c1-12-3-6-14(20-12)11-18-16(19)9-10-22-17(18)13-4-7-15(21-2)8-5-13/h3-8,17H,9-11H2,1-2H3. The van der Waals surface area contributed by atoms with Crippen molar-refractivity contribution < 1.29 is 9.21 Å². The van der Waals surface area contributed by atoms with E-state index in [-0.39, 0.29) is 11.3 Å². The Kier molecular flexibility index (Phi) is 4.84. The topological polar surface area (TPSA) is 33.5 Å². The van der Waals surface area contributed by atoms with Gasteiger partial charge in [-0.15, -0.1) is 23.5 Å². The third kappa shape index (κ3) is 3.36. The van der Waals surface area contributed by atoms with Crippen LogP contribution in [0.2, 0.25) is 0 Å². The van der Waals surface area contributed by atoms with E-state index in [0.717, 1.165) is 17.3 Å². The van der Waals surface area contributed by atoms with Crippen LogP contribution in [-0.4, -0.2) is 22.8 Å². The zero-order valence-electron chi connectivity index (χ0n) is 12.7. The molecular weight excluding hydrogens is 314 g/mol. The molecule has 1 aliphatic rings. The van der Waals surface area contributed by atoms with Crippen molar-refractivity contribution in [1.29, 1.82) is 0 Å². The number of hydrogen-bond acceptors (Lipinski definition) is 4.